The van der Waals surface area contributed by atoms with Gasteiger partial charge in [0, 0.05) is 18.2 Å². The number of hydrogen-bond acceptors (Lipinski definition) is 3. The smallest absolute Gasteiger partial charge is 0.141 e. The van der Waals surface area contributed by atoms with Gasteiger partial charge in [-0.2, -0.15) is 0 Å². The molecule has 1 aromatic heterocycles. The molecule has 1 N–H and O–H groups in total. The highest BCUT2D eigenvalue weighted by atomic mass is 16.5. The van der Waals surface area contributed by atoms with Gasteiger partial charge in [-0.25, -0.2) is 0 Å². The average Bonchev–Trinajstić information content (AvgIpc) is 2.55. The lowest BCUT2D eigenvalue weighted by atomic mass is 10.1. The number of aromatic nitrogens is 1. The zero-order valence-corrected chi connectivity index (χ0v) is 13.6. The van der Waals surface area contributed by atoms with Crippen molar-refractivity contribution in [2.75, 3.05) is 6.61 Å². The minimum absolute atomic E-state index is 0.228. The first-order valence-electron chi connectivity index (χ1n) is 8.46. The van der Waals surface area contributed by atoms with Gasteiger partial charge in [-0.1, -0.05) is 57.6 Å². The van der Waals surface area contributed by atoms with Crippen molar-refractivity contribution in [2.24, 2.45) is 0 Å². The van der Waals surface area contributed by atoms with Crippen molar-refractivity contribution >= 4 is 10.9 Å². The van der Waals surface area contributed by atoms with E-state index >= 15 is 0 Å². The molecule has 1 aromatic carbocycles. The van der Waals surface area contributed by atoms with Gasteiger partial charge >= 0.3 is 0 Å². The molecule has 0 aliphatic heterocycles. The number of phenols is 1. The molecular weight excluding hydrogens is 274 g/mol. The molecule has 0 amide bonds. The minimum Gasteiger partial charge on any atom is -0.506 e. The third-order valence-electron chi connectivity index (χ3n) is 3.99. The molecule has 3 heteroatoms. The second kappa shape index (κ2) is 9.42. The minimum atomic E-state index is 0.228. The monoisotopic (exact) mass is 301 g/mol. The van der Waals surface area contributed by atoms with Crippen molar-refractivity contribution in [3.63, 3.8) is 0 Å². The van der Waals surface area contributed by atoms with Crippen LogP contribution in [0.1, 0.15) is 57.4 Å². The van der Waals surface area contributed by atoms with Gasteiger partial charge in [-0.15, -0.1) is 0 Å². The third-order valence-corrected chi connectivity index (χ3v) is 3.99. The predicted molar refractivity (Wildman–Crippen MR) is 91.1 cm³/mol. The summed E-state index contributed by atoms with van der Waals surface area (Å²) in [5.74, 6) is 0.228. The Morgan fingerprint density at radius 3 is 2.59 bits per heavy atom. The Morgan fingerprint density at radius 1 is 1.00 bits per heavy atom. The largest absolute Gasteiger partial charge is 0.506 e. The molecule has 0 atom stereocenters. The van der Waals surface area contributed by atoms with Gasteiger partial charge in [0.1, 0.15) is 11.3 Å². The van der Waals surface area contributed by atoms with Crippen LogP contribution >= 0.6 is 0 Å². The summed E-state index contributed by atoms with van der Waals surface area (Å²) in [6, 6.07) is 7.49. The Hall–Kier alpha value is -1.61. The number of nitrogens with zero attached hydrogens (tertiary/aromatic N) is 1. The van der Waals surface area contributed by atoms with E-state index in [1.54, 1.807) is 12.3 Å². The van der Waals surface area contributed by atoms with E-state index in [0.29, 0.717) is 12.1 Å². The highest BCUT2D eigenvalue weighted by molar-refractivity contribution is 5.86. The Bertz CT molecular complexity index is 568. The molecule has 120 valence electrons. The lowest BCUT2D eigenvalue weighted by Gasteiger charge is -2.08. The van der Waals surface area contributed by atoms with Crippen LogP contribution in [0.3, 0.4) is 0 Å². The van der Waals surface area contributed by atoms with Gasteiger partial charge < -0.3 is 9.84 Å². The summed E-state index contributed by atoms with van der Waals surface area (Å²) in [7, 11) is 0. The molecule has 0 fully saturated rings. The van der Waals surface area contributed by atoms with Crippen LogP contribution in [0.5, 0.6) is 5.75 Å². The van der Waals surface area contributed by atoms with Crippen molar-refractivity contribution in [1.29, 1.82) is 0 Å². The van der Waals surface area contributed by atoms with Crippen LogP contribution in [0.4, 0.5) is 0 Å². The van der Waals surface area contributed by atoms with Crippen molar-refractivity contribution in [1.82, 2.24) is 4.98 Å². The molecule has 0 radical (unpaired) electrons. The lowest BCUT2D eigenvalue weighted by molar-refractivity contribution is 0.117. The van der Waals surface area contributed by atoms with Gasteiger partial charge in [-0.3, -0.25) is 4.98 Å². The first kappa shape index (κ1) is 16.8. The van der Waals surface area contributed by atoms with E-state index in [4.69, 9.17) is 4.74 Å². The first-order chi connectivity index (χ1) is 10.8. The van der Waals surface area contributed by atoms with Crippen molar-refractivity contribution in [3.05, 3.63) is 36.0 Å². The standard InChI is InChI=1S/C19H27NO2/c1-2-3-4-5-6-7-8-14-22-15-16-11-12-18(21)19-17(16)10-9-13-20-19/h9-13,21H,2-8,14-15H2,1H3. The predicted octanol–water partition coefficient (Wildman–Crippen LogP) is 5.21. The summed E-state index contributed by atoms with van der Waals surface area (Å²) in [5.41, 5.74) is 1.74. The van der Waals surface area contributed by atoms with Gasteiger partial charge in [0.15, 0.2) is 0 Å². The van der Waals surface area contributed by atoms with E-state index in [1.165, 1.54) is 38.5 Å². The summed E-state index contributed by atoms with van der Waals surface area (Å²) in [5, 5.41) is 10.8. The fourth-order valence-corrected chi connectivity index (χ4v) is 2.69. The number of benzene rings is 1. The maximum atomic E-state index is 9.82. The zero-order chi connectivity index (χ0) is 15.6. The SMILES string of the molecule is CCCCCCCCCOCc1ccc(O)c2ncccc12. The normalized spacial score (nSPS) is 11.1. The molecule has 3 nitrogen and oxygen atoms in total. The zero-order valence-electron chi connectivity index (χ0n) is 13.6. The Kier molecular flexibility index (Phi) is 7.17. The molecular formula is C19H27NO2. The van der Waals surface area contributed by atoms with E-state index in [2.05, 4.69) is 11.9 Å². The molecule has 22 heavy (non-hydrogen) atoms. The maximum absolute atomic E-state index is 9.82. The number of hydrogen-bond donors (Lipinski definition) is 1. The average molecular weight is 301 g/mol. The number of aromatic hydroxyl groups is 1. The van der Waals surface area contributed by atoms with Crippen LogP contribution in [0, 0.1) is 0 Å². The molecule has 1 heterocycles. The van der Waals surface area contributed by atoms with E-state index in [9.17, 15) is 5.11 Å². The van der Waals surface area contributed by atoms with Crippen LogP contribution in [0.2, 0.25) is 0 Å². The fourth-order valence-electron chi connectivity index (χ4n) is 2.69. The fraction of sp³-hybridized carbons (Fsp3) is 0.526. The first-order valence-corrected chi connectivity index (χ1v) is 8.46. The van der Waals surface area contributed by atoms with Crippen LogP contribution < -0.4 is 0 Å². The van der Waals surface area contributed by atoms with Crippen molar-refractivity contribution in [2.45, 2.75) is 58.5 Å². The second-order valence-electron chi connectivity index (χ2n) is 5.82. The van der Waals surface area contributed by atoms with E-state index in [0.717, 1.165) is 24.0 Å². The molecule has 0 bridgehead atoms. The van der Waals surface area contributed by atoms with E-state index in [1.807, 2.05) is 18.2 Å². The molecule has 0 spiro atoms. The number of rotatable bonds is 10. The molecule has 0 unspecified atom stereocenters. The van der Waals surface area contributed by atoms with E-state index in [-0.39, 0.29) is 5.75 Å². The summed E-state index contributed by atoms with van der Waals surface area (Å²) in [4.78, 5) is 4.23. The Labute approximate surface area is 133 Å². The summed E-state index contributed by atoms with van der Waals surface area (Å²) < 4.78 is 5.79. The topological polar surface area (TPSA) is 42.4 Å². The molecule has 2 aromatic rings. The number of pyridine rings is 1. The van der Waals surface area contributed by atoms with Gasteiger partial charge in [0.25, 0.3) is 0 Å². The summed E-state index contributed by atoms with van der Waals surface area (Å²) >= 11 is 0. The van der Waals surface area contributed by atoms with Crippen LogP contribution in [0.15, 0.2) is 30.5 Å². The van der Waals surface area contributed by atoms with Crippen LogP contribution in [-0.4, -0.2) is 16.7 Å². The van der Waals surface area contributed by atoms with Crippen LogP contribution in [-0.2, 0) is 11.3 Å². The summed E-state index contributed by atoms with van der Waals surface area (Å²) in [6.45, 7) is 3.63. The van der Waals surface area contributed by atoms with Crippen LogP contribution in [0.25, 0.3) is 10.9 Å². The molecule has 0 saturated heterocycles. The number of ether oxygens (including phenoxy) is 1. The third kappa shape index (κ3) is 4.99. The number of unbranched alkanes of at least 4 members (excludes halogenated alkanes) is 6. The van der Waals surface area contributed by atoms with Crippen molar-refractivity contribution in [3.8, 4) is 5.75 Å². The Morgan fingerprint density at radius 2 is 1.77 bits per heavy atom. The molecule has 2 rings (SSSR count). The van der Waals surface area contributed by atoms with Gasteiger partial charge in [-0.05, 0) is 24.1 Å². The van der Waals surface area contributed by atoms with Gasteiger partial charge in [0.05, 0.1) is 6.61 Å². The highest BCUT2D eigenvalue weighted by Crippen LogP contribution is 2.25. The molecule has 0 aliphatic carbocycles. The van der Waals surface area contributed by atoms with Gasteiger partial charge in [0.2, 0.25) is 0 Å². The maximum Gasteiger partial charge on any atom is 0.141 e. The Balaban J connectivity index is 1.71. The molecule has 0 saturated carbocycles. The lowest BCUT2D eigenvalue weighted by Crippen LogP contribution is -1.97. The second-order valence-corrected chi connectivity index (χ2v) is 5.82. The van der Waals surface area contributed by atoms with Crippen molar-refractivity contribution < 1.29 is 9.84 Å². The highest BCUT2D eigenvalue weighted by Gasteiger charge is 2.05. The number of phenolic OH excluding ortho intramolecular Hbond substituents is 1. The molecule has 0 aliphatic rings. The summed E-state index contributed by atoms with van der Waals surface area (Å²) in [6.07, 6.45) is 10.8. The number of fused-ring (bicyclic) bond motifs is 1. The van der Waals surface area contributed by atoms with E-state index < -0.39 is 0 Å². The quantitative estimate of drug-likeness (QED) is 0.613.